The van der Waals surface area contributed by atoms with Crippen LogP contribution in [0.5, 0.6) is 0 Å². The molecule has 1 N–H and O–H groups in total. The first-order valence-electron chi connectivity index (χ1n) is 6.37. The number of nitrogens with one attached hydrogen (secondary N) is 1. The van der Waals surface area contributed by atoms with E-state index >= 15 is 0 Å². The molecular formula is C14H20N2O2S. The van der Waals surface area contributed by atoms with Gasteiger partial charge in [0.1, 0.15) is 4.88 Å². The Hall–Kier alpha value is -1.20. The number of carbonyl (C=O) groups is 1. The second kappa shape index (κ2) is 5.06. The maximum Gasteiger partial charge on any atom is 0.375 e. The molecule has 104 valence electrons. The standard InChI is InChI=1S/C14H20N2O2S/c1-13(2)8-10(9-14(3,4)16-13)15-18-12(17)11-6-5-7-19-11/h5-7,16H,8-9H2,1-4H3. The minimum Gasteiger partial charge on any atom is -0.312 e. The van der Waals surface area contributed by atoms with Gasteiger partial charge in [-0.05, 0) is 39.1 Å². The molecule has 1 aliphatic heterocycles. The molecule has 1 aliphatic rings. The first-order valence-corrected chi connectivity index (χ1v) is 7.25. The molecule has 2 rings (SSSR count). The maximum atomic E-state index is 11.7. The van der Waals surface area contributed by atoms with Crippen molar-refractivity contribution < 1.29 is 9.63 Å². The van der Waals surface area contributed by atoms with E-state index in [2.05, 4.69) is 38.2 Å². The SMILES string of the molecule is CC1(C)CC(=NOC(=O)c2cccs2)CC(C)(C)N1. The molecular weight excluding hydrogens is 260 g/mol. The summed E-state index contributed by atoms with van der Waals surface area (Å²) < 4.78 is 0. The Bertz CT molecular complexity index is 472. The number of piperidine rings is 1. The summed E-state index contributed by atoms with van der Waals surface area (Å²) in [6, 6.07) is 3.56. The highest BCUT2D eigenvalue weighted by Gasteiger charge is 2.36. The molecule has 0 bridgehead atoms. The fourth-order valence-electron chi connectivity index (χ4n) is 2.70. The highest BCUT2D eigenvalue weighted by molar-refractivity contribution is 7.11. The zero-order chi connectivity index (χ0) is 14.1. The lowest BCUT2D eigenvalue weighted by atomic mass is 9.81. The van der Waals surface area contributed by atoms with Gasteiger partial charge in [0.15, 0.2) is 0 Å². The summed E-state index contributed by atoms with van der Waals surface area (Å²) >= 11 is 1.36. The Morgan fingerprint density at radius 3 is 2.47 bits per heavy atom. The molecule has 0 saturated carbocycles. The van der Waals surface area contributed by atoms with Crippen molar-refractivity contribution in [3.8, 4) is 0 Å². The van der Waals surface area contributed by atoms with Crippen molar-refractivity contribution in [3.05, 3.63) is 22.4 Å². The zero-order valence-electron chi connectivity index (χ0n) is 11.8. The zero-order valence-corrected chi connectivity index (χ0v) is 12.6. The van der Waals surface area contributed by atoms with Crippen molar-refractivity contribution in [2.75, 3.05) is 0 Å². The summed E-state index contributed by atoms with van der Waals surface area (Å²) in [6.07, 6.45) is 1.57. The van der Waals surface area contributed by atoms with Crippen LogP contribution in [0, 0.1) is 0 Å². The van der Waals surface area contributed by atoms with Crippen LogP contribution in [0.15, 0.2) is 22.7 Å². The van der Waals surface area contributed by atoms with E-state index < -0.39 is 0 Å². The molecule has 1 saturated heterocycles. The molecule has 1 fully saturated rings. The van der Waals surface area contributed by atoms with Gasteiger partial charge >= 0.3 is 5.97 Å². The van der Waals surface area contributed by atoms with Gasteiger partial charge in [-0.2, -0.15) is 0 Å². The Labute approximate surface area is 117 Å². The molecule has 0 atom stereocenters. The van der Waals surface area contributed by atoms with E-state index in [0.29, 0.717) is 4.88 Å². The van der Waals surface area contributed by atoms with Crippen molar-refractivity contribution in [1.82, 2.24) is 5.32 Å². The third-order valence-electron chi connectivity index (χ3n) is 2.95. The van der Waals surface area contributed by atoms with Gasteiger partial charge in [0.05, 0.1) is 5.71 Å². The summed E-state index contributed by atoms with van der Waals surface area (Å²) in [5, 5.41) is 9.47. The minimum atomic E-state index is -0.378. The van der Waals surface area contributed by atoms with Crippen molar-refractivity contribution >= 4 is 23.0 Å². The number of rotatable bonds is 2. The van der Waals surface area contributed by atoms with Crippen LogP contribution in [-0.2, 0) is 4.84 Å². The predicted octanol–water partition coefficient (Wildman–Crippen LogP) is 3.20. The number of thiophene rings is 1. The van der Waals surface area contributed by atoms with Gasteiger partial charge in [-0.15, -0.1) is 11.3 Å². The summed E-state index contributed by atoms with van der Waals surface area (Å²) in [4.78, 5) is 17.4. The van der Waals surface area contributed by atoms with E-state index in [9.17, 15) is 4.79 Å². The normalized spacial score (nSPS) is 20.9. The first kappa shape index (κ1) is 14.2. The Morgan fingerprint density at radius 1 is 1.32 bits per heavy atom. The van der Waals surface area contributed by atoms with E-state index in [-0.39, 0.29) is 17.0 Å². The summed E-state index contributed by atoms with van der Waals surface area (Å²) in [5.41, 5.74) is 0.866. The highest BCUT2D eigenvalue weighted by atomic mass is 32.1. The maximum absolute atomic E-state index is 11.7. The van der Waals surface area contributed by atoms with Gasteiger partial charge in [0, 0.05) is 23.9 Å². The van der Waals surface area contributed by atoms with Crippen LogP contribution in [0.2, 0.25) is 0 Å². The molecule has 0 spiro atoms. The van der Waals surface area contributed by atoms with Crippen LogP contribution < -0.4 is 5.32 Å². The van der Waals surface area contributed by atoms with Gasteiger partial charge in [-0.25, -0.2) is 4.79 Å². The highest BCUT2D eigenvalue weighted by Crippen LogP contribution is 2.26. The summed E-state index contributed by atoms with van der Waals surface area (Å²) in [5.74, 6) is -0.378. The van der Waals surface area contributed by atoms with Gasteiger partial charge < -0.3 is 10.2 Å². The van der Waals surface area contributed by atoms with Crippen molar-refractivity contribution in [2.45, 2.75) is 51.6 Å². The average molecular weight is 280 g/mol. The Kier molecular flexibility index (Phi) is 3.78. The molecule has 0 unspecified atom stereocenters. The Morgan fingerprint density at radius 2 is 1.95 bits per heavy atom. The van der Waals surface area contributed by atoms with Gasteiger partial charge in [-0.3, -0.25) is 0 Å². The Balaban J connectivity index is 2.05. The van der Waals surface area contributed by atoms with Gasteiger partial charge in [0.25, 0.3) is 0 Å². The molecule has 0 radical (unpaired) electrons. The fourth-order valence-corrected chi connectivity index (χ4v) is 3.29. The predicted molar refractivity (Wildman–Crippen MR) is 77.7 cm³/mol. The summed E-state index contributed by atoms with van der Waals surface area (Å²) in [6.45, 7) is 8.52. The van der Waals surface area contributed by atoms with Gasteiger partial charge in [0.2, 0.25) is 0 Å². The molecule has 1 aromatic rings. The van der Waals surface area contributed by atoms with E-state index in [0.717, 1.165) is 18.6 Å². The number of oxime groups is 1. The second-order valence-corrected chi connectivity index (χ2v) is 7.21. The van der Waals surface area contributed by atoms with Crippen molar-refractivity contribution in [2.24, 2.45) is 5.16 Å². The topological polar surface area (TPSA) is 50.7 Å². The second-order valence-electron chi connectivity index (χ2n) is 6.26. The third-order valence-corrected chi connectivity index (χ3v) is 3.80. The smallest absolute Gasteiger partial charge is 0.312 e. The lowest BCUT2D eigenvalue weighted by molar-refractivity contribution is 0.0515. The molecule has 0 aliphatic carbocycles. The van der Waals surface area contributed by atoms with Crippen molar-refractivity contribution in [1.29, 1.82) is 0 Å². The van der Waals surface area contributed by atoms with Crippen LogP contribution in [0.1, 0.15) is 50.2 Å². The number of nitrogens with zero attached hydrogens (tertiary/aromatic N) is 1. The monoisotopic (exact) mass is 280 g/mol. The van der Waals surface area contributed by atoms with Gasteiger partial charge in [-0.1, -0.05) is 11.2 Å². The first-order chi connectivity index (χ1) is 8.77. The number of hydrogen-bond acceptors (Lipinski definition) is 5. The average Bonchev–Trinajstić information content (AvgIpc) is 2.74. The minimum absolute atomic E-state index is 0.0318. The van der Waals surface area contributed by atoms with Crippen LogP contribution in [-0.4, -0.2) is 22.8 Å². The molecule has 0 aromatic carbocycles. The van der Waals surface area contributed by atoms with Crippen LogP contribution in [0.3, 0.4) is 0 Å². The van der Waals surface area contributed by atoms with Crippen LogP contribution in [0.25, 0.3) is 0 Å². The number of carbonyl (C=O) groups excluding carboxylic acids is 1. The van der Waals surface area contributed by atoms with Crippen LogP contribution in [0.4, 0.5) is 0 Å². The number of hydrogen-bond donors (Lipinski definition) is 1. The van der Waals surface area contributed by atoms with E-state index in [1.54, 1.807) is 6.07 Å². The van der Waals surface area contributed by atoms with E-state index in [1.165, 1.54) is 11.3 Å². The van der Waals surface area contributed by atoms with Crippen LogP contribution >= 0.6 is 11.3 Å². The lowest BCUT2D eigenvalue weighted by Crippen LogP contribution is -2.58. The third kappa shape index (κ3) is 3.88. The fraction of sp³-hybridized carbons (Fsp3) is 0.571. The molecule has 1 aromatic heterocycles. The quantitative estimate of drug-likeness (QED) is 0.668. The molecule has 0 amide bonds. The van der Waals surface area contributed by atoms with E-state index in [4.69, 9.17) is 4.84 Å². The molecule has 19 heavy (non-hydrogen) atoms. The van der Waals surface area contributed by atoms with E-state index in [1.807, 2.05) is 11.4 Å². The van der Waals surface area contributed by atoms with Crippen molar-refractivity contribution in [3.63, 3.8) is 0 Å². The largest absolute Gasteiger partial charge is 0.375 e. The molecule has 2 heterocycles. The summed E-state index contributed by atoms with van der Waals surface area (Å²) in [7, 11) is 0. The molecule has 4 nitrogen and oxygen atoms in total. The molecule has 5 heteroatoms. The lowest BCUT2D eigenvalue weighted by Gasteiger charge is -2.42.